The summed E-state index contributed by atoms with van der Waals surface area (Å²) in [6.45, 7) is 10.5. The second-order valence-electron chi connectivity index (χ2n) is 5.58. The van der Waals surface area contributed by atoms with Gasteiger partial charge in [-0.15, -0.1) is 0 Å². The van der Waals surface area contributed by atoms with Crippen LogP contribution in [0.3, 0.4) is 0 Å². The molecule has 0 bridgehead atoms. The summed E-state index contributed by atoms with van der Waals surface area (Å²) in [5.74, 6) is 0.767. The largest absolute Gasteiger partial charge is 0.312 e. The number of hydrogen-bond acceptors (Lipinski definition) is 2. The Morgan fingerprint density at radius 1 is 1.19 bits per heavy atom. The lowest BCUT2D eigenvalue weighted by Crippen LogP contribution is -2.27. The van der Waals surface area contributed by atoms with Crippen molar-refractivity contribution in [3.8, 4) is 0 Å². The topological polar surface area (TPSA) is 20.3 Å². The molecule has 2 nitrogen and oxygen atoms in total. The van der Waals surface area contributed by atoms with E-state index in [0.717, 1.165) is 19.3 Å². The molecule has 1 atom stereocenters. The molecule has 2 heteroatoms. The number of Topliss-reactive ketones (excluding diaryl/α,β-unsaturated/α-hetero) is 1. The summed E-state index contributed by atoms with van der Waals surface area (Å²) in [7, 11) is 6.00. The van der Waals surface area contributed by atoms with Gasteiger partial charge in [0.2, 0.25) is 0 Å². The average Bonchev–Trinajstić information content (AvgIpc) is 2.14. The highest BCUT2D eigenvalue weighted by atomic mass is 16.1. The lowest BCUT2D eigenvalue weighted by Gasteiger charge is -2.32. The van der Waals surface area contributed by atoms with Crippen LogP contribution in [0.4, 0.5) is 0 Å². The number of hydrogen-bond donors (Lipinski definition) is 0. The van der Waals surface area contributed by atoms with E-state index >= 15 is 0 Å². The monoisotopic (exact) mass is 229 g/mol. The van der Waals surface area contributed by atoms with E-state index in [2.05, 4.69) is 13.8 Å². The van der Waals surface area contributed by atoms with Crippen molar-refractivity contribution >= 4 is 5.78 Å². The van der Waals surface area contributed by atoms with Gasteiger partial charge < -0.3 is 4.90 Å². The molecular weight excluding hydrogens is 198 g/mol. The lowest BCUT2D eigenvalue weighted by atomic mass is 9.72. The molecule has 1 unspecified atom stereocenters. The van der Waals surface area contributed by atoms with Crippen molar-refractivity contribution in [3.05, 3.63) is 0 Å². The third kappa shape index (κ3) is 10.2. The van der Waals surface area contributed by atoms with E-state index in [4.69, 9.17) is 0 Å². The molecule has 0 aromatic rings. The van der Waals surface area contributed by atoms with Crippen molar-refractivity contribution < 1.29 is 4.79 Å². The highest BCUT2D eigenvalue weighted by Gasteiger charge is 2.30. The van der Waals surface area contributed by atoms with E-state index in [-0.39, 0.29) is 0 Å². The van der Waals surface area contributed by atoms with E-state index in [9.17, 15) is 4.79 Å². The van der Waals surface area contributed by atoms with Crippen molar-refractivity contribution in [2.24, 2.45) is 11.3 Å². The highest BCUT2D eigenvalue weighted by Crippen LogP contribution is 2.36. The van der Waals surface area contributed by atoms with Crippen LogP contribution in [0.15, 0.2) is 0 Å². The average molecular weight is 229 g/mol. The molecule has 0 saturated heterocycles. The van der Waals surface area contributed by atoms with Crippen molar-refractivity contribution in [2.45, 2.75) is 53.9 Å². The van der Waals surface area contributed by atoms with Gasteiger partial charge in [0.25, 0.3) is 0 Å². The predicted octanol–water partition coefficient (Wildman–Crippen LogP) is 3.61. The number of nitrogens with zero attached hydrogens (tertiary/aromatic N) is 1. The molecule has 0 spiro atoms. The maximum Gasteiger partial charge on any atom is 0.135 e. The summed E-state index contributed by atoms with van der Waals surface area (Å²) in [6.07, 6.45) is 2.95. The molecule has 1 aliphatic rings. The van der Waals surface area contributed by atoms with Crippen LogP contribution >= 0.6 is 0 Å². The Morgan fingerprint density at radius 2 is 1.56 bits per heavy atom. The molecule has 1 fully saturated rings. The Hall–Kier alpha value is -0.370. The minimum Gasteiger partial charge on any atom is -0.312 e. The molecule has 0 aliphatic heterocycles. The summed E-state index contributed by atoms with van der Waals surface area (Å²) in [6, 6.07) is 0. The summed E-state index contributed by atoms with van der Waals surface area (Å²) in [5.41, 5.74) is 0.410. The zero-order valence-electron chi connectivity index (χ0n) is 12.6. The van der Waals surface area contributed by atoms with Gasteiger partial charge in [0.05, 0.1) is 0 Å². The molecule has 98 valence electrons. The summed E-state index contributed by atoms with van der Waals surface area (Å²) >= 11 is 0. The van der Waals surface area contributed by atoms with E-state index in [1.54, 1.807) is 0 Å². The molecule has 0 N–H and O–H groups in total. The van der Waals surface area contributed by atoms with Gasteiger partial charge in [-0.05, 0) is 39.4 Å². The number of rotatable bonds is 0. The third-order valence-corrected chi connectivity index (χ3v) is 2.46. The quantitative estimate of drug-likeness (QED) is 0.632. The number of carbonyl (C=O) groups is 1. The standard InChI is InChI=1S/C9H16O.C3H9N.C2H6/c1-7-6-9(2,3)5-4-8(7)10;1-4(2)3;1-2/h7H,4-6H2,1-3H3;1-3H3;1-2H3. The molecule has 0 heterocycles. The van der Waals surface area contributed by atoms with Crippen LogP contribution < -0.4 is 0 Å². The highest BCUT2D eigenvalue weighted by molar-refractivity contribution is 5.81. The zero-order chi connectivity index (χ0) is 13.4. The molecule has 16 heavy (non-hydrogen) atoms. The Bertz CT molecular complexity index is 182. The number of carbonyl (C=O) groups excluding carboxylic acids is 1. The van der Waals surface area contributed by atoms with Crippen LogP contribution in [0.1, 0.15) is 53.9 Å². The smallest absolute Gasteiger partial charge is 0.135 e. The molecule has 1 rings (SSSR count). The Balaban J connectivity index is 0. The van der Waals surface area contributed by atoms with Gasteiger partial charge in [-0.1, -0.05) is 34.6 Å². The predicted molar refractivity (Wildman–Crippen MR) is 72.8 cm³/mol. The van der Waals surface area contributed by atoms with E-state index in [1.807, 2.05) is 46.8 Å². The van der Waals surface area contributed by atoms with Crippen molar-refractivity contribution in [1.82, 2.24) is 4.90 Å². The normalized spacial score (nSPS) is 22.8. The first kappa shape index (κ1) is 18.0. The van der Waals surface area contributed by atoms with Crippen LogP contribution in [0, 0.1) is 11.3 Å². The summed E-state index contributed by atoms with van der Waals surface area (Å²) in [4.78, 5) is 13.1. The molecule has 0 aromatic carbocycles. The molecule has 0 radical (unpaired) electrons. The van der Waals surface area contributed by atoms with Gasteiger partial charge in [-0.3, -0.25) is 4.79 Å². The fourth-order valence-corrected chi connectivity index (χ4v) is 1.75. The van der Waals surface area contributed by atoms with Gasteiger partial charge >= 0.3 is 0 Å². The van der Waals surface area contributed by atoms with Crippen LogP contribution in [0.25, 0.3) is 0 Å². The Labute approximate surface area is 102 Å². The van der Waals surface area contributed by atoms with Crippen molar-refractivity contribution in [2.75, 3.05) is 21.1 Å². The van der Waals surface area contributed by atoms with E-state index < -0.39 is 0 Å². The molecule has 1 saturated carbocycles. The summed E-state index contributed by atoms with van der Waals surface area (Å²) < 4.78 is 0. The van der Waals surface area contributed by atoms with Gasteiger partial charge in [0.1, 0.15) is 5.78 Å². The van der Waals surface area contributed by atoms with Gasteiger partial charge in [0.15, 0.2) is 0 Å². The molecular formula is C14H31NO. The van der Waals surface area contributed by atoms with Crippen LogP contribution in [0.5, 0.6) is 0 Å². The second kappa shape index (κ2) is 8.74. The van der Waals surface area contributed by atoms with Gasteiger partial charge in [0, 0.05) is 12.3 Å². The Morgan fingerprint density at radius 3 is 1.81 bits per heavy atom. The van der Waals surface area contributed by atoms with Crippen molar-refractivity contribution in [3.63, 3.8) is 0 Å². The van der Waals surface area contributed by atoms with E-state index in [0.29, 0.717) is 17.1 Å². The first-order valence-electron chi connectivity index (χ1n) is 6.38. The van der Waals surface area contributed by atoms with Gasteiger partial charge in [-0.25, -0.2) is 0 Å². The zero-order valence-corrected chi connectivity index (χ0v) is 12.6. The second-order valence-corrected chi connectivity index (χ2v) is 5.58. The first-order valence-corrected chi connectivity index (χ1v) is 6.38. The number of ketones is 1. The first-order chi connectivity index (χ1) is 7.24. The lowest BCUT2D eigenvalue weighted by molar-refractivity contribution is -0.126. The SMILES string of the molecule is CC.CC1CC(C)(C)CCC1=O.CN(C)C. The van der Waals surface area contributed by atoms with Crippen LogP contribution in [-0.2, 0) is 4.79 Å². The van der Waals surface area contributed by atoms with E-state index in [1.165, 1.54) is 0 Å². The molecule has 1 aliphatic carbocycles. The minimum atomic E-state index is 0.309. The fraction of sp³-hybridized carbons (Fsp3) is 0.929. The third-order valence-electron chi connectivity index (χ3n) is 2.46. The molecule has 0 amide bonds. The fourth-order valence-electron chi connectivity index (χ4n) is 1.75. The van der Waals surface area contributed by atoms with Gasteiger partial charge in [-0.2, -0.15) is 0 Å². The van der Waals surface area contributed by atoms with Crippen molar-refractivity contribution in [1.29, 1.82) is 0 Å². The minimum absolute atomic E-state index is 0.309. The molecule has 0 aromatic heterocycles. The Kier molecular flexibility index (Phi) is 9.84. The summed E-state index contributed by atoms with van der Waals surface area (Å²) in [5, 5.41) is 0. The maximum atomic E-state index is 11.1. The van der Waals surface area contributed by atoms with Crippen LogP contribution in [-0.4, -0.2) is 31.8 Å². The maximum absolute atomic E-state index is 11.1. The van der Waals surface area contributed by atoms with Crippen LogP contribution in [0.2, 0.25) is 0 Å².